The lowest BCUT2D eigenvalue weighted by Gasteiger charge is -2.31. The standard InChI is InChI=1S/C12H17N3O/c1-9(11-7-14-8-11)12(16)15-6-10-3-2-4-13-5-10/h2-5,9,11,14H,6-8H2,1H3,(H,15,16). The van der Waals surface area contributed by atoms with E-state index in [4.69, 9.17) is 0 Å². The second-order valence-electron chi connectivity index (χ2n) is 4.29. The van der Waals surface area contributed by atoms with Gasteiger partial charge in [0.25, 0.3) is 0 Å². The van der Waals surface area contributed by atoms with Crippen LogP contribution in [0.3, 0.4) is 0 Å². The lowest BCUT2D eigenvalue weighted by atomic mass is 9.88. The summed E-state index contributed by atoms with van der Waals surface area (Å²) < 4.78 is 0. The minimum absolute atomic E-state index is 0.0953. The van der Waals surface area contributed by atoms with Crippen LogP contribution in [-0.2, 0) is 11.3 Å². The Balaban J connectivity index is 1.79. The molecule has 1 aromatic rings. The van der Waals surface area contributed by atoms with E-state index in [1.807, 2.05) is 19.1 Å². The lowest BCUT2D eigenvalue weighted by molar-refractivity contribution is -0.126. The zero-order valence-electron chi connectivity index (χ0n) is 9.44. The van der Waals surface area contributed by atoms with Crippen molar-refractivity contribution in [3.63, 3.8) is 0 Å². The molecule has 2 rings (SSSR count). The first kappa shape index (κ1) is 11.1. The average molecular weight is 219 g/mol. The summed E-state index contributed by atoms with van der Waals surface area (Å²) in [5.41, 5.74) is 1.04. The van der Waals surface area contributed by atoms with E-state index in [1.54, 1.807) is 12.4 Å². The van der Waals surface area contributed by atoms with Gasteiger partial charge in [0.2, 0.25) is 5.91 Å². The smallest absolute Gasteiger partial charge is 0.223 e. The summed E-state index contributed by atoms with van der Waals surface area (Å²) in [4.78, 5) is 15.8. The van der Waals surface area contributed by atoms with E-state index < -0.39 is 0 Å². The second kappa shape index (κ2) is 5.07. The molecule has 1 atom stereocenters. The number of rotatable bonds is 4. The van der Waals surface area contributed by atoms with Crippen molar-refractivity contribution in [2.45, 2.75) is 13.5 Å². The molecule has 2 N–H and O–H groups in total. The number of carbonyl (C=O) groups excluding carboxylic acids is 1. The van der Waals surface area contributed by atoms with Gasteiger partial charge < -0.3 is 10.6 Å². The van der Waals surface area contributed by atoms with Gasteiger partial charge in [0.05, 0.1) is 0 Å². The van der Waals surface area contributed by atoms with Crippen molar-refractivity contribution < 1.29 is 4.79 Å². The molecule has 4 heteroatoms. The molecule has 1 saturated heterocycles. The molecule has 0 aromatic carbocycles. The Bertz CT molecular complexity index is 349. The highest BCUT2D eigenvalue weighted by atomic mass is 16.1. The Morgan fingerprint density at radius 2 is 2.50 bits per heavy atom. The quantitative estimate of drug-likeness (QED) is 0.777. The summed E-state index contributed by atoms with van der Waals surface area (Å²) in [6.07, 6.45) is 3.50. The normalized spacial score (nSPS) is 17.6. The van der Waals surface area contributed by atoms with E-state index in [9.17, 15) is 4.79 Å². The van der Waals surface area contributed by atoms with Gasteiger partial charge in [0, 0.05) is 24.9 Å². The maximum Gasteiger partial charge on any atom is 0.223 e. The fourth-order valence-corrected chi connectivity index (χ4v) is 1.73. The molecule has 4 nitrogen and oxygen atoms in total. The molecule has 1 fully saturated rings. The first-order chi connectivity index (χ1) is 7.77. The van der Waals surface area contributed by atoms with Crippen molar-refractivity contribution >= 4 is 5.91 Å². The fourth-order valence-electron chi connectivity index (χ4n) is 1.73. The number of hydrogen-bond acceptors (Lipinski definition) is 3. The van der Waals surface area contributed by atoms with E-state index >= 15 is 0 Å². The first-order valence-electron chi connectivity index (χ1n) is 5.64. The summed E-state index contributed by atoms with van der Waals surface area (Å²) in [5, 5.41) is 6.12. The molecule has 1 unspecified atom stereocenters. The maximum absolute atomic E-state index is 11.8. The zero-order valence-corrected chi connectivity index (χ0v) is 9.44. The Morgan fingerprint density at radius 1 is 1.69 bits per heavy atom. The summed E-state index contributed by atoms with van der Waals surface area (Å²) in [5.74, 6) is 0.724. The van der Waals surface area contributed by atoms with Crippen LogP contribution in [0, 0.1) is 11.8 Å². The van der Waals surface area contributed by atoms with E-state index in [2.05, 4.69) is 15.6 Å². The van der Waals surface area contributed by atoms with Gasteiger partial charge in [-0.1, -0.05) is 13.0 Å². The SMILES string of the molecule is CC(C(=O)NCc1cccnc1)C1CNC1. The maximum atomic E-state index is 11.8. The van der Waals surface area contributed by atoms with Gasteiger partial charge in [0.15, 0.2) is 0 Å². The number of nitrogens with zero attached hydrogens (tertiary/aromatic N) is 1. The predicted octanol–water partition coefficient (Wildman–Crippen LogP) is 0.553. The van der Waals surface area contributed by atoms with Crippen LogP contribution >= 0.6 is 0 Å². The number of nitrogens with one attached hydrogen (secondary N) is 2. The van der Waals surface area contributed by atoms with Crippen LogP contribution in [0.1, 0.15) is 12.5 Å². The van der Waals surface area contributed by atoms with Crippen LogP contribution in [0.25, 0.3) is 0 Å². The molecule has 2 heterocycles. The molecule has 86 valence electrons. The van der Waals surface area contributed by atoms with Crippen molar-refractivity contribution in [2.75, 3.05) is 13.1 Å². The largest absolute Gasteiger partial charge is 0.352 e. The third kappa shape index (κ3) is 2.58. The molecule has 1 amide bonds. The topological polar surface area (TPSA) is 54.0 Å². The molecular weight excluding hydrogens is 202 g/mol. The van der Waals surface area contributed by atoms with Crippen molar-refractivity contribution in [1.29, 1.82) is 0 Å². The summed E-state index contributed by atoms with van der Waals surface area (Å²) >= 11 is 0. The molecule has 16 heavy (non-hydrogen) atoms. The lowest BCUT2D eigenvalue weighted by Crippen LogP contribution is -2.49. The number of pyridine rings is 1. The van der Waals surface area contributed by atoms with Crippen molar-refractivity contribution in [3.8, 4) is 0 Å². The molecule has 0 spiro atoms. The molecule has 0 radical (unpaired) electrons. The summed E-state index contributed by atoms with van der Waals surface area (Å²) in [6.45, 7) is 4.48. The molecule has 0 bridgehead atoms. The summed E-state index contributed by atoms with van der Waals surface area (Å²) in [7, 11) is 0. The van der Waals surface area contributed by atoms with Crippen LogP contribution in [-0.4, -0.2) is 24.0 Å². The van der Waals surface area contributed by atoms with Gasteiger partial charge in [-0.15, -0.1) is 0 Å². The Morgan fingerprint density at radius 3 is 3.06 bits per heavy atom. The number of carbonyl (C=O) groups is 1. The van der Waals surface area contributed by atoms with E-state index in [1.165, 1.54) is 0 Å². The van der Waals surface area contributed by atoms with Crippen molar-refractivity contribution in [1.82, 2.24) is 15.6 Å². The van der Waals surface area contributed by atoms with Crippen molar-refractivity contribution in [2.24, 2.45) is 11.8 Å². The van der Waals surface area contributed by atoms with E-state index in [0.717, 1.165) is 18.7 Å². The molecular formula is C12H17N3O. The Hall–Kier alpha value is -1.42. The fraction of sp³-hybridized carbons (Fsp3) is 0.500. The minimum Gasteiger partial charge on any atom is -0.352 e. The first-order valence-corrected chi connectivity index (χ1v) is 5.64. The van der Waals surface area contributed by atoms with Crippen LogP contribution in [0.15, 0.2) is 24.5 Å². The highest BCUT2D eigenvalue weighted by molar-refractivity contribution is 5.78. The average Bonchev–Trinajstić information content (AvgIpc) is 2.25. The van der Waals surface area contributed by atoms with Gasteiger partial charge in [-0.2, -0.15) is 0 Å². The van der Waals surface area contributed by atoms with Gasteiger partial charge in [-0.05, 0) is 30.6 Å². The number of hydrogen-bond donors (Lipinski definition) is 2. The van der Waals surface area contributed by atoms with E-state index in [-0.39, 0.29) is 11.8 Å². The molecule has 1 aliphatic heterocycles. The van der Waals surface area contributed by atoms with Crippen LogP contribution < -0.4 is 10.6 Å². The molecule has 1 aliphatic rings. The van der Waals surface area contributed by atoms with E-state index in [0.29, 0.717) is 12.5 Å². The Labute approximate surface area is 95.5 Å². The predicted molar refractivity (Wildman–Crippen MR) is 61.6 cm³/mol. The Kier molecular flexibility index (Phi) is 3.51. The highest BCUT2D eigenvalue weighted by Gasteiger charge is 2.28. The summed E-state index contributed by atoms with van der Waals surface area (Å²) in [6, 6.07) is 3.84. The number of amides is 1. The van der Waals surface area contributed by atoms with Crippen molar-refractivity contribution in [3.05, 3.63) is 30.1 Å². The van der Waals surface area contributed by atoms with Gasteiger partial charge >= 0.3 is 0 Å². The van der Waals surface area contributed by atoms with Gasteiger partial charge in [-0.3, -0.25) is 9.78 Å². The van der Waals surface area contributed by atoms with Crippen LogP contribution in [0.4, 0.5) is 0 Å². The minimum atomic E-state index is 0.0953. The molecule has 1 aromatic heterocycles. The number of aromatic nitrogens is 1. The third-order valence-electron chi connectivity index (χ3n) is 3.12. The van der Waals surface area contributed by atoms with Gasteiger partial charge in [-0.25, -0.2) is 0 Å². The molecule has 0 saturated carbocycles. The highest BCUT2D eigenvalue weighted by Crippen LogP contribution is 2.15. The third-order valence-corrected chi connectivity index (χ3v) is 3.12. The molecule has 0 aliphatic carbocycles. The second-order valence-corrected chi connectivity index (χ2v) is 4.29. The van der Waals surface area contributed by atoms with Crippen LogP contribution in [0.5, 0.6) is 0 Å². The van der Waals surface area contributed by atoms with Crippen LogP contribution in [0.2, 0.25) is 0 Å². The van der Waals surface area contributed by atoms with Gasteiger partial charge in [0.1, 0.15) is 0 Å². The zero-order chi connectivity index (χ0) is 11.4. The monoisotopic (exact) mass is 219 g/mol.